The lowest BCUT2D eigenvalue weighted by atomic mass is 10.0. The van der Waals surface area contributed by atoms with Crippen molar-refractivity contribution >= 4 is 50.4 Å². The van der Waals surface area contributed by atoms with Crippen LogP contribution in [0.3, 0.4) is 0 Å². The summed E-state index contributed by atoms with van der Waals surface area (Å²) in [6.07, 6.45) is 2.86. The number of pyridine rings is 3. The Morgan fingerprint density at radius 2 is 1.98 bits per heavy atom. The smallest absolute Gasteiger partial charge is 0.341 e. The van der Waals surface area contributed by atoms with Crippen LogP contribution in [0.15, 0.2) is 41.5 Å². The molecule has 1 aromatic carbocycles. The van der Waals surface area contributed by atoms with E-state index in [-0.39, 0.29) is 28.9 Å². The maximum absolute atomic E-state index is 14.6. The van der Waals surface area contributed by atoms with E-state index in [2.05, 4.69) is 25.1 Å². The van der Waals surface area contributed by atoms with Crippen molar-refractivity contribution in [2.24, 2.45) is 7.05 Å². The molecule has 5 heterocycles. The van der Waals surface area contributed by atoms with E-state index in [9.17, 15) is 19.1 Å². The van der Waals surface area contributed by atoms with Crippen LogP contribution in [-0.2, 0) is 11.8 Å². The van der Waals surface area contributed by atoms with E-state index in [0.29, 0.717) is 57.8 Å². The van der Waals surface area contributed by atoms with Gasteiger partial charge in [-0.2, -0.15) is 0 Å². The van der Waals surface area contributed by atoms with Gasteiger partial charge in [-0.3, -0.25) is 4.79 Å². The second-order valence-corrected chi connectivity index (χ2v) is 10.6. The second-order valence-electron chi connectivity index (χ2n) is 10.6. The number of halogens is 1. The Labute approximate surface area is 234 Å². The molecule has 0 radical (unpaired) electrons. The fourth-order valence-electron chi connectivity index (χ4n) is 5.85. The molecule has 0 spiro atoms. The van der Waals surface area contributed by atoms with Gasteiger partial charge in [0.15, 0.2) is 0 Å². The molecule has 1 saturated heterocycles. The molecule has 0 bridgehead atoms. The van der Waals surface area contributed by atoms with E-state index in [4.69, 9.17) is 9.72 Å². The molecule has 212 valence electrons. The van der Waals surface area contributed by atoms with Crippen LogP contribution in [0.4, 0.5) is 15.9 Å². The lowest BCUT2D eigenvalue weighted by Crippen LogP contribution is -2.39. The minimum atomic E-state index is -1.31. The molecule has 1 fully saturated rings. The highest BCUT2D eigenvalue weighted by molar-refractivity contribution is 6.12. The summed E-state index contributed by atoms with van der Waals surface area (Å²) in [4.78, 5) is 42.1. The molecule has 11 nitrogen and oxygen atoms in total. The lowest BCUT2D eigenvalue weighted by Gasteiger charge is -2.24. The van der Waals surface area contributed by atoms with Gasteiger partial charge in [-0.1, -0.05) is 0 Å². The molecule has 1 aliphatic rings. The first-order chi connectivity index (χ1) is 19.6. The molecule has 2 atom stereocenters. The zero-order valence-electron chi connectivity index (χ0n) is 23.3. The van der Waals surface area contributed by atoms with E-state index in [0.717, 1.165) is 5.52 Å². The number of fused-ring (bicyclic) bond motifs is 4. The molecular formula is C29H30FN7O4. The van der Waals surface area contributed by atoms with Gasteiger partial charge in [0.05, 0.1) is 28.7 Å². The Kier molecular flexibility index (Phi) is 6.39. The Morgan fingerprint density at radius 1 is 1.20 bits per heavy atom. The maximum atomic E-state index is 14.6. The quantitative estimate of drug-likeness (QED) is 0.287. The third-order valence-corrected chi connectivity index (χ3v) is 7.97. The van der Waals surface area contributed by atoms with Gasteiger partial charge >= 0.3 is 5.97 Å². The largest absolute Gasteiger partial charge is 0.477 e. The van der Waals surface area contributed by atoms with Crippen LogP contribution in [0.25, 0.3) is 44.1 Å². The highest BCUT2D eigenvalue weighted by atomic mass is 19.1. The van der Waals surface area contributed by atoms with Crippen molar-refractivity contribution in [1.82, 2.24) is 24.4 Å². The molecular weight excluding hydrogens is 529 g/mol. The highest BCUT2D eigenvalue weighted by Gasteiger charge is 2.36. The molecule has 2 unspecified atom stereocenters. The molecule has 0 amide bonds. The number of nitrogens with one attached hydrogen (secondary N) is 2. The summed E-state index contributed by atoms with van der Waals surface area (Å²) in [6.45, 7) is 1.22. The number of aromatic nitrogens is 4. The number of rotatable bonds is 6. The number of nitrogens with zero attached hydrogens (tertiary/aromatic N) is 5. The number of methoxy groups -OCH3 is 1. The van der Waals surface area contributed by atoms with Crippen LogP contribution < -0.4 is 15.6 Å². The number of carbonyl (C=O) groups is 1. The van der Waals surface area contributed by atoms with Gasteiger partial charge in [0.25, 0.3) is 0 Å². The SMILES string of the molecule is CNc1cc(F)cc2c1[nH]c1nc(N3CC(OC)C(N(C)C)C3)c(-c3cnc4c(c3)c(=O)c(C(=O)O)cn4C)cc12. The standard InChI is InChI=1S/C29H30FN7O4/c1-31-21-8-15(30)7-17-18-9-16(14-6-19-25(38)20(29(39)40)11-36(4)27(19)32-10-14)28(34-26(18)33-24(17)21)37-12-22(35(2)3)23(13-37)41-5/h6-11,22-23,31H,12-13H2,1-5H3,(H,33,34)(H,39,40). The van der Waals surface area contributed by atoms with Crippen molar-refractivity contribution in [3.63, 3.8) is 0 Å². The number of hydrogen-bond donors (Lipinski definition) is 3. The van der Waals surface area contributed by atoms with Crippen molar-refractivity contribution in [3.8, 4) is 11.1 Å². The number of carboxylic acids is 1. The van der Waals surface area contributed by atoms with Crippen LogP contribution >= 0.6 is 0 Å². The summed E-state index contributed by atoms with van der Waals surface area (Å²) in [5, 5.41) is 14.2. The Morgan fingerprint density at radius 3 is 2.63 bits per heavy atom. The highest BCUT2D eigenvalue weighted by Crippen LogP contribution is 2.39. The molecule has 4 aromatic heterocycles. The summed E-state index contributed by atoms with van der Waals surface area (Å²) < 4.78 is 21.9. The first-order valence-corrected chi connectivity index (χ1v) is 13.1. The van der Waals surface area contributed by atoms with E-state index in [1.54, 1.807) is 33.5 Å². The monoisotopic (exact) mass is 559 g/mol. The molecule has 12 heteroatoms. The number of benzene rings is 1. The van der Waals surface area contributed by atoms with E-state index in [1.165, 1.54) is 22.9 Å². The third-order valence-electron chi connectivity index (χ3n) is 7.97. The number of carboxylic acid groups (broad SMARTS) is 1. The van der Waals surface area contributed by atoms with E-state index < -0.39 is 11.4 Å². The summed E-state index contributed by atoms with van der Waals surface area (Å²) >= 11 is 0. The average molecular weight is 560 g/mol. The van der Waals surface area contributed by atoms with Crippen LogP contribution in [-0.4, -0.2) is 89.0 Å². The zero-order valence-corrected chi connectivity index (χ0v) is 23.3. The fraction of sp³-hybridized carbons (Fsp3) is 0.310. The summed E-state index contributed by atoms with van der Waals surface area (Å²) in [7, 11) is 9.08. The summed E-state index contributed by atoms with van der Waals surface area (Å²) in [5.41, 5.74) is 2.59. The molecule has 6 rings (SSSR count). The van der Waals surface area contributed by atoms with Crippen molar-refractivity contribution in [2.45, 2.75) is 12.1 Å². The number of H-pyrrole nitrogens is 1. The van der Waals surface area contributed by atoms with Crippen molar-refractivity contribution in [1.29, 1.82) is 0 Å². The van der Waals surface area contributed by atoms with E-state index in [1.807, 2.05) is 20.2 Å². The number of anilines is 2. The molecule has 1 aliphatic heterocycles. The topological polar surface area (TPSA) is 129 Å². The summed E-state index contributed by atoms with van der Waals surface area (Å²) in [5.74, 6) is -1.05. The normalized spacial score (nSPS) is 17.4. The van der Waals surface area contributed by atoms with Crippen molar-refractivity contribution < 1.29 is 19.0 Å². The molecule has 41 heavy (non-hydrogen) atoms. The second kappa shape index (κ2) is 9.82. The van der Waals surface area contributed by atoms with Gasteiger partial charge in [0.2, 0.25) is 5.43 Å². The van der Waals surface area contributed by atoms with Crippen LogP contribution in [0.2, 0.25) is 0 Å². The average Bonchev–Trinajstić information content (AvgIpc) is 3.55. The number of aryl methyl sites for hydroxylation is 1. The number of aromatic amines is 1. The molecule has 0 saturated carbocycles. The Hall–Kier alpha value is -4.55. The molecule has 5 aromatic rings. The minimum absolute atomic E-state index is 0.0665. The Balaban J connectivity index is 1.64. The third kappa shape index (κ3) is 4.26. The fourth-order valence-corrected chi connectivity index (χ4v) is 5.85. The lowest BCUT2D eigenvalue weighted by molar-refractivity contribution is 0.0639. The van der Waals surface area contributed by atoms with Crippen LogP contribution in [0, 0.1) is 5.82 Å². The number of ether oxygens (including phenoxy) is 1. The summed E-state index contributed by atoms with van der Waals surface area (Å²) in [6, 6.07) is 6.58. The van der Waals surface area contributed by atoms with Gasteiger partial charge in [0.1, 0.15) is 28.5 Å². The van der Waals surface area contributed by atoms with Crippen LogP contribution in [0.5, 0.6) is 0 Å². The van der Waals surface area contributed by atoms with Crippen molar-refractivity contribution in [3.05, 3.63) is 58.3 Å². The zero-order chi connectivity index (χ0) is 29.2. The predicted octanol–water partition coefficient (Wildman–Crippen LogP) is 3.27. The van der Waals surface area contributed by atoms with Gasteiger partial charge in [-0.05, 0) is 38.4 Å². The molecule has 0 aliphatic carbocycles. The van der Waals surface area contributed by atoms with Gasteiger partial charge in [-0.25, -0.2) is 19.2 Å². The number of aromatic carboxylic acids is 1. The number of likely N-dealkylation sites (N-methyl/N-ethyl adjacent to an activating group) is 1. The van der Waals surface area contributed by atoms with E-state index >= 15 is 0 Å². The Bertz CT molecular complexity index is 1920. The molecule has 3 N–H and O–H groups in total. The van der Waals surface area contributed by atoms with Crippen LogP contribution in [0.1, 0.15) is 10.4 Å². The predicted molar refractivity (Wildman–Crippen MR) is 157 cm³/mol. The first kappa shape index (κ1) is 26.7. The first-order valence-electron chi connectivity index (χ1n) is 13.1. The van der Waals surface area contributed by atoms with Gasteiger partial charge in [0, 0.05) is 68.6 Å². The van der Waals surface area contributed by atoms with Gasteiger partial charge in [-0.15, -0.1) is 0 Å². The van der Waals surface area contributed by atoms with Gasteiger partial charge < -0.3 is 34.5 Å². The van der Waals surface area contributed by atoms with Crippen molar-refractivity contribution in [2.75, 3.05) is 51.6 Å². The maximum Gasteiger partial charge on any atom is 0.341 e. The number of hydrogen-bond acceptors (Lipinski definition) is 8. The minimum Gasteiger partial charge on any atom is -0.477 e.